The molecule has 1 aromatic heterocycles. The summed E-state index contributed by atoms with van der Waals surface area (Å²) >= 11 is 0. The SMILES string of the molecule is Cc1noc(CCN=C(N)NC(C)CCCC(C)C)n1. The van der Waals surface area contributed by atoms with E-state index in [0.717, 1.165) is 12.3 Å². The maximum atomic E-state index is 5.85. The fraction of sp³-hybridized carbons (Fsp3) is 0.786. The summed E-state index contributed by atoms with van der Waals surface area (Å²) in [6.45, 7) is 8.97. The number of nitrogens with one attached hydrogen (secondary N) is 1. The predicted molar refractivity (Wildman–Crippen MR) is 80.5 cm³/mol. The van der Waals surface area contributed by atoms with Crippen LogP contribution in [0.5, 0.6) is 0 Å². The zero-order valence-electron chi connectivity index (χ0n) is 13.0. The van der Waals surface area contributed by atoms with Gasteiger partial charge in [-0.25, -0.2) is 0 Å². The van der Waals surface area contributed by atoms with Gasteiger partial charge in [-0.05, 0) is 26.2 Å². The fourth-order valence-electron chi connectivity index (χ4n) is 1.92. The topological polar surface area (TPSA) is 89.3 Å². The molecule has 6 heteroatoms. The molecule has 0 aromatic carbocycles. The molecule has 0 radical (unpaired) electrons. The van der Waals surface area contributed by atoms with E-state index in [4.69, 9.17) is 10.3 Å². The zero-order chi connectivity index (χ0) is 15.0. The van der Waals surface area contributed by atoms with Crippen molar-refractivity contribution in [2.24, 2.45) is 16.6 Å². The number of aryl methyl sites for hydroxylation is 1. The van der Waals surface area contributed by atoms with E-state index >= 15 is 0 Å². The van der Waals surface area contributed by atoms with Crippen molar-refractivity contribution in [3.63, 3.8) is 0 Å². The van der Waals surface area contributed by atoms with Gasteiger partial charge in [-0.1, -0.05) is 31.8 Å². The molecule has 1 heterocycles. The molecule has 0 aliphatic heterocycles. The maximum absolute atomic E-state index is 5.85. The molecule has 20 heavy (non-hydrogen) atoms. The van der Waals surface area contributed by atoms with Gasteiger partial charge >= 0.3 is 0 Å². The lowest BCUT2D eigenvalue weighted by molar-refractivity contribution is 0.376. The lowest BCUT2D eigenvalue weighted by Gasteiger charge is -2.14. The number of aromatic nitrogens is 2. The third-order valence-electron chi connectivity index (χ3n) is 2.99. The van der Waals surface area contributed by atoms with Crippen LogP contribution in [0.3, 0.4) is 0 Å². The van der Waals surface area contributed by atoms with E-state index in [9.17, 15) is 0 Å². The molecule has 1 rings (SSSR count). The fourth-order valence-corrected chi connectivity index (χ4v) is 1.92. The number of hydrogen-bond acceptors (Lipinski definition) is 4. The molecule has 0 saturated carbocycles. The van der Waals surface area contributed by atoms with Crippen LogP contribution >= 0.6 is 0 Å². The minimum atomic E-state index is 0.350. The second kappa shape index (κ2) is 8.55. The van der Waals surface area contributed by atoms with Crippen LogP contribution in [0.15, 0.2) is 9.52 Å². The van der Waals surface area contributed by atoms with Gasteiger partial charge in [-0.2, -0.15) is 4.98 Å². The number of nitrogens with two attached hydrogens (primary N) is 1. The van der Waals surface area contributed by atoms with Crippen LogP contribution in [0.1, 0.15) is 51.7 Å². The van der Waals surface area contributed by atoms with Crippen LogP contribution in [0, 0.1) is 12.8 Å². The molecule has 114 valence electrons. The summed E-state index contributed by atoms with van der Waals surface area (Å²) < 4.78 is 5.01. The van der Waals surface area contributed by atoms with Gasteiger partial charge in [-0.15, -0.1) is 0 Å². The Hall–Kier alpha value is -1.59. The first-order valence-corrected chi connectivity index (χ1v) is 7.33. The van der Waals surface area contributed by atoms with Gasteiger partial charge in [0, 0.05) is 12.5 Å². The normalized spacial score (nSPS) is 13.8. The maximum Gasteiger partial charge on any atom is 0.228 e. The van der Waals surface area contributed by atoms with Crippen LogP contribution in [-0.2, 0) is 6.42 Å². The van der Waals surface area contributed by atoms with E-state index in [1.807, 2.05) is 0 Å². The van der Waals surface area contributed by atoms with E-state index in [2.05, 4.69) is 41.2 Å². The molecule has 0 amide bonds. The second-order valence-corrected chi connectivity index (χ2v) is 5.62. The summed E-state index contributed by atoms with van der Waals surface area (Å²) in [6.07, 6.45) is 4.18. The molecular weight excluding hydrogens is 254 g/mol. The highest BCUT2D eigenvalue weighted by atomic mass is 16.5. The van der Waals surface area contributed by atoms with Crippen molar-refractivity contribution in [1.29, 1.82) is 0 Å². The van der Waals surface area contributed by atoms with Crippen LogP contribution in [0.4, 0.5) is 0 Å². The van der Waals surface area contributed by atoms with Gasteiger partial charge in [0.2, 0.25) is 5.89 Å². The highest BCUT2D eigenvalue weighted by molar-refractivity contribution is 5.78. The smallest absolute Gasteiger partial charge is 0.228 e. The van der Waals surface area contributed by atoms with Crippen molar-refractivity contribution in [2.45, 2.75) is 59.4 Å². The van der Waals surface area contributed by atoms with Crippen molar-refractivity contribution in [3.05, 3.63) is 11.7 Å². The van der Waals surface area contributed by atoms with E-state index in [1.165, 1.54) is 12.8 Å². The van der Waals surface area contributed by atoms with Gasteiger partial charge in [0.25, 0.3) is 0 Å². The summed E-state index contributed by atoms with van der Waals surface area (Å²) in [7, 11) is 0. The third-order valence-corrected chi connectivity index (χ3v) is 2.99. The van der Waals surface area contributed by atoms with Gasteiger partial charge in [0.05, 0.1) is 6.54 Å². The lowest BCUT2D eigenvalue weighted by atomic mass is 10.0. The standard InChI is InChI=1S/C14H27N5O/c1-10(2)6-5-7-11(3)17-14(15)16-9-8-13-18-12(4)19-20-13/h10-11H,5-9H2,1-4H3,(H3,15,16,17). The first kappa shape index (κ1) is 16.5. The largest absolute Gasteiger partial charge is 0.370 e. The highest BCUT2D eigenvalue weighted by Crippen LogP contribution is 2.08. The summed E-state index contributed by atoms with van der Waals surface area (Å²) in [5, 5.41) is 6.94. The van der Waals surface area contributed by atoms with Crippen molar-refractivity contribution < 1.29 is 4.52 Å². The Labute approximate surface area is 121 Å². The van der Waals surface area contributed by atoms with Crippen LogP contribution < -0.4 is 11.1 Å². The molecule has 1 atom stereocenters. The second-order valence-electron chi connectivity index (χ2n) is 5.62. The van der Waals surface area contributed by atoms with Crippen molar-refractivity contribution in [3.8, 4) is 0 Å². The van der Waals surface area contributed by atoms with Gasteiger partial charge in [0.15, 0.2) is 11.8 Å². The lowest BCUT2D eigenvalue weighted by Crippen LogP contribution is -2.38. The number of aliphatic imine (C=N–C) groups is 1. The van der Waals surface area contributed by atoms with Gasteiger partial charge in [-0.3, -0.25) is 4.99 Å². The summed E-state index contributed by atoms with van der Waals surface area (Å²) in [4.78, 5) is 8.38. The van der Waals surface area contributed by atoms with Crippen molar-refractivity contribution >= 4 is 5.96 Å². The Morgan fingerprint density at radius 3 is 2.70 bits per heavy atom. The molecule has 0 bridgehead atoms. The highest BCUT2D eigenvalue weighted by Gasteiger charge is 2.05. The first-order chi connectivity index (χ1) is 9.47. The van der Waals surface area contributed by atoms with Crippen molar-refractivity contribution in [1.82, 2.24) is 15.5 Å². The van der Waals surface area contributed by atoms with Crippen molar-refractivity contribution in [2.75, 3.05) is 6.54 Å². The monoisotopic (exact) mass is 281 g/mol. The Balaban J connectivity index is 2.20. The summed E-state index contributed by atoms with van der Waals surface area (Å²) in [5.74, 6) is 2.49. The number of hydrogen-bond donors (Lipinski definition) is 2. The van der Waals surface area contributed by atoms with E-state index in [1.54, 1.807) is 6.92 Å². The molecular formula is C14H27N5O. The minimum Gasteiger partial charge on any atom is -0.370 e. The average molecular weight is 281 g/mol. The molecule has 0 aliphatic rings. The van der Waals surface area contributed by atoms with Crippen LogP contribution in [-0.4, -0.2) is 28.7 Å². The molecule has 0 saturated heterocycles. The Morgan fingerprint density at radius 2 is 2.10 bits per heavy atom. The molecule has 0 fully saturated rings. The number of rotatable bonds is 8. The average Bonchev–Trinajstić information content (AvgIpc) is 2.74. The number of guanidine groups is 1. The quantitative estimate of drug-likeness (QED) is 0.562. The summed E-state index contributed by atoms with van der Waals surface area (Å²) in [5.41, 5.74) is 5.85. The van der Waals surface area contributed by atoms with E-state index in [-0.39, 0.29) is 0 Å². The van der Waals surface area contributed by atoms with E-state index in [0.29, 0.717) is 36.7 Å². The first-order valence-electron chi connectivity index (χ1n) is 7.33. The predicted octanol–water partition coefficient (Wildman–Crippen LogP) is 2.04. The molecule has 1 aromatic rings. The van der Waals surface area contributed by atoms with Gasteiger partial charge < -0.3 is 15.6 Å². The Bertz CT molecular complexity index is 413. The molecule has 0 aliphatic carbocycles. The summed E-state index contributed by atoms with van der Waals surface area (Å²) in [6, 6.07) is 0.350. The molecule has 0 spiro atoms. The minimum absolute atomic E-state index is 0.350. The Morgan fingerprint density at radius 1 is 1.35 bits per heavy atom. The molecule has 3 N–H and O–H groups in total. The molecule has 6 nitrogen and oxygen atoms in total. The van der Waals surface area contributed by atoms with E-state index < -0.39 is 0 Å². The third kappa shape index (κ3) is 7.11. The molecule has 1 unspecified atom stereocenters. The van der Waals surface area contributed by atoms with Crippen LogP contribution in [0.25, 0.3) is 0 Å². The van der Waals surface area contributed by atoms with Crippen LogP contribution in [0.2, 0.25) is 0 Å². The number of nitrogens with zero attached hydrogens (tertiary/aromatic N) is 3. The van der Waals surface area contributed by atoms with Gasteiger partial charge in [0.1, 0.15) is 0 Å². The Kier molecular flexibility index (Phi) is 7.04. The zero-order valence-corrected chi connectivity index (χ0v) is 13.0.